The van der Waals surface area contributed by atoms with Gasteiger partial charge >= 0.3 is 0 Å². The summed E-state index contributed by atoms with van der Waals surface area (Å²) in [6.07, 6.45) is 0.0879. The Balaban J connectivity index is 1.65. The van der Waals surface area contributed by atoms with E-state index in [-0.39, 0.29) is 18.1 Å². The lowest BCUT2D eigenvalue weighted by Crippen LogP contribution is -2.15. The second-order valence-electron chi connectivity index (χ2n) is 5.76. The van der Waals surface area contributed by atoms with Crippen LogP contribution in [0.4, 0.5) is 5.13 Å². The number of primary amides is 1. The lowest BCUT2D eigenvalue weighted by molar-refractivity contribution is -0.116. The first-order chi connectivity index (χ1) is 12.9. The molecule has 0 unspecified atom stereocenters. The van der Waals surface area contributed by atoms with Crippen LogP contribution in [0, 0.1) is 13.8 Å². The molecule has 2 aromatic heterocycles. The highest BCUT2D eigenvalue weighted by Gasteiger charge is 2.17. The molecule has 7 nitrogen and oxygen atoms in total. The number of amides is 2. The fourth-order valence-corrected chi connectivity index (χ4v) is 4.21. The van der Waals surface area contributed by atoms with Crippen LogP contribution in [0.2, 0.25) is 0 Å². The van der Waals surface area contributed by atoms with Crippen molar-refractivity contribution in [3.05, 3.63) is 47.5 Å². The van der Waals surface area contributed by atoms with E-state index in [0.717, 1.165) is 15.5 Å². The zero-order valence-corrected chi connectivity index (χ0v) is 16.4. The van der Waals surface area contributed by atoms with Crippen LogP contribution in [0.3, 0.4) is 0 Å². The molecule has 0 bridgehead atoms. The molecule has 1 aromatic carbocycles. The number of nitrogens with zero attached hydrogens (tertiary/aromatic N) is 2. The second kappa shape index (κ2) is 8.36. The van der Waals surface area contributed by atoms with E-state index in [2.05, 4.69) is 15.3 Å². The number of nitrogens with one attached hydrogen (secondary N) is 1. The first-order valence-electron chi connectivity index (χ1n) is 8.12. The van der Waals surface area contributed by atoms with Crippen LogP contribution in [-0.2, 0) is 16.0 Å². The molecule has 3 N–H and O–H groups in total. The molecule has 2 amide bonds. The maximum absolute atomic E-state index is 12.4. The highest BCUT2D eigenvalue weighted by molar-refractivity contribution is 8.01. The molecule has 9 heteroatoms. The lowest BCUT2D eigenvalue weighted by atomic mass is 10.2. The van der Waals surface area contributed by atoms with Crippen molar-refractivity contribution in [2.75, 3.05) is 11.1 Å². The van der Waals surface area contributed by atoms with Gasteiger partial charge in [0.05, 0.1) is 27.8 Å². The molecular weight excluding hydrogens is 384 g/mol. The summed E-state index contributed by atoms with van der Waals surface area (Å²) in [6.45, 7) is 3.61. The van der Waals surface area contributed by atoms with Gasteiger partial charge in [-0.1, -0.05) is 29.5 Å². The number of thiazole rings is 1. The Morgan fingerprint density at radius 3 is 2.67 bits per heavy atom. The largest absolute Gasteiger partial charge is 0.441 e. The van der Waals surface area contributed by atoms with Crippen LogP contribution in [0.15, 0.2) is 39.0 Å². The normalized spacial score (nSPS) is 10.7. The number of aryl methyl sites for hydroxylation is 2. The number of hydrogen-bond donors (Lipinski definition) is 2. The van der Waals surface area contributed by atoms with Crippen molar-refractivity contribution in [1.29, 1.82) is 0 Å². The third kappa shape index (κ3) is 4.95. The molecule has 2 heterocycles. The van der Waals surface area contributed by atoms with Crippen molar-refractivity contribution in [2.24, 2.45) is 5.73 Å². The van der Waals surface area contributed by atoms with Crippen LogP contribution in [0.5, 0.6) is 0 Å². The summed E-state index contributed by atoms with van der Waals surface area (Å²) >= 11 is 2.63. The van der Waals surface area contributed by atoms with Gasteiger partial charge in [0.15, 0.2) is 5.13 Å². The van der Waals surface area contributed by atoms with Crippen LogP contribution >= 0.6 is 23.1 Å². The smallest absolute Gasteiger partial charge is 0.232 e. The molecule has 0 atom stereocenters. The Labute approximate surface area is 164 Å². The number of carbonyl (C=O) groups excluding carboxylic acids is 2. The molecule has 0 aliphatic rings. The third-order valence-electron chi connectivity index (χ3n) is 3.59. The first-order valence-corrected chi connectivity index (χ1v) is 9.92. The zero-order valence-electron chi connectivity index (χ0n) is 14.8. The van der Waals surface area contributed by atoms with E-state index < -0.39 is 5.91 Å². The highest BCUT2D eigenvalue weighted by atomic mass is 32.2. The minimum Gasteiger partial charge on any atom is -0.441 e. The maximum atomic E-state index is 12.4. The topological polar surface area (TPSA) is 111 Å². The fraction of sp³-hybridized carbons (Fsp3) is 0.222. The summed E-state index contributed by atoms with van der Waals surface area (Å²) in [6, 6.07) is 9.52. The fourth-order valence-electron chi connectivity index (χ4n) is 2.32. The zero-order chi connectivity index (χ0) is 19.4. The van der Waals surface area contributed by atoms with E-state index in [9.17, 15) is 9.59 Å². The number of anilines is 1. The molecule has 27 heavy (non-hydrogen) atoms. The Bertz CT molecular complexity index is 966. The number of thioether (sulfide) groups is 1. The molecule has 140 valence electrons. The van der Waals surface area contributed by atoms with Crippen LogP contribution in [-0.4, -0.2) is 27.5 Å². The van der Waals surface area contributed by atoms with Crippen molar-refractivity contribution in [1.82, 2.24) is 9.97 Å². The highest BCUT2D eigenvalue weighted by Crippen LogP contribution is 2.32. The molecule has 0 saturated carbocycles. The van der Waals surface area contributed by atoms with E-state index in [1.165, 1.54) is 23.1 Å². The molecule has 3 aromatic rings. The van der Waals surface area contributed by atoms with Crippen LogP contribution in [0.1, 0.15) is 17.1 Å². The number of benzene rings is 1. The lowest BCUT2D eigenvalue weighted by Gasteiger charge is -1.99. The Morgan fingerprint density at radius 2 is 1.96 bits per heavy atom. The first kappa shape index (κ1) is 19.1. The maximum Gasteiger partial charge on any atom is 0.232 e. The van der Waals surface area contributed by atoms with Crippen molar-refractivity contribution in [2.45, 2.75) is 24.5 Å². The van der Waals surface area contributed by atoms with Gasteiger partial charge in [-0.3, -0.25) is 9.59 Å². The Kier molecular flexibility index (Phi) is 5.92. The van der Waals surface area contributed by atoms with Crippen molar-refractivity contribution in [3.63, 3.8) is 0 Å². The molecule has 0 spiro atoms. The minimum atomic E-state index is -0.394. The quantitative estimate of drug-likeness (QED) is 0.587. The number of rotatable bonds is 7. The van der Waals surface area contributed by atoms with Gasteiger partial charge in [-0.15, -0.1) is 11.8 Å². The monoisotopic (exact) mass is 402 g/mol. The summed E-state index contributed by atoms with van der Waals surface area (Å²) in [5.74, 6) is 0.653. The molecule has 3 rings (SSSR count). The minimum absolute atomic E-state index is 0.0879. The summed E-state index contributed by atoms with van der Waals surface area (Å²) in [4.78, 5) is 32.0. The Morgan fingerprint density at radius 1 is 1.22 bits per heavy atom. The molecule has 0 radical (unpaired) electrons. The van der Waals surface area contributed by atoms with E-state index in [4.69, 9.17) is 10.2 Å². The molecule has 0 aliphatic heterocycles. The van der Waals surface area contributed by atoms with Gasteiger partial charge in [0.1, 0.15) is 5.76 Å². The summed E-state index contributed by atoms with van der Waals surface area (Å²) in [5.41, 5.74) is 7.36. The van der Waals surface area contributed by atoms with Crippen molar-refractivity contribution in [3.8, 4) is 11.5 Å². The predicted octanol–water partition coefficient (Wildman–Crippen LogP) is 3.17. The number of aromatic nitrogens is 2. The summed E-state index contributed by atoms with van der Waals surface area (Å²) < 4.78 is 6.53. The Hall–Kier alpha value is -2.65. The van der Waals surface area contributed by atoms with Crippen molar-refractivity contribution >= 4 is 40.0 Å². The third-order valence-corrected chi connectivity index (χ3v) is 6.04. The van der Waals surface area contributed by atoms with Crippen molar-refractivity contribution < 1.29 is 14.0 Å². The van der Waals surface area contributed by atoms with E-state index in [1.54, 1.807) is 6.92 Å². The van der Waals surface area contributed by atoms with E-state index in [0.29, 0.717) is 22.5 Å². The average molecular weight is 403 g/mol. The summed E-state index contributed by atoms with van der Waals surface area (Å²) in [7, 11) is 0. The van der Waals surface area contributed by atoms with Gasteiger partial charge in [-0.05, 0) is 26.0 Å². The number of oxazole rings is 1. The van der Waals surface area contributed by atoms with Gasteiger partial charge in [-0.25, -0.2) is 9.97 Å². The predicted molar refractivity (Wildman–Crippen MR) is 106 cm³/mol. The van der Waals surface area contributed by atoms with Gasteiger partial charge < -0.3 is 15.5 Å². The number of hydrogen-bond acceptors (Lipinski definition) is 7. The van der Waals surface area contributed by atoms with Gasteiger partial charge in [-0.2, -0.15) is 0 Å². The standard InChI is InChI=1S/C18H18N4O3S2/c1-10-17(26-9-14(19)23)27-18(20-10)22-15(24)8-13-11(2)25-16(21-13)12-6-4-3-5-7-12/h3-7H,8-9H2,1-2H3,(H2,19,23)(H,20,22,24). The second-order valence-corrected chi connectivity index (χ2v) is 8.00. The number of nitrogens with two attached hydrogens (primary N) is 1. The number of carbonyl (C=O) groups is 2. The van der Waals surface area contributed by atoms with Gasteiger partial charge in [0.2, 0.25) is 17.7 Å². The average Bonchev–Trinajstić information content (AvgIpc) is 3.16. The van der Waals surface area contributed by atoms with Crippen LogP contribution < -0.4 is 11.1 Å². The molecule has 0 aliphatic carbocycles. The molecule has 0 fully saturated rings. The summed E-state index contributed by atoms with van der Waals surface area (Å²) in [5, 5.41) is 3.25. The van der Waals surface area contributed by atoms with E-state index >= 15 is 0 Å². The van der Waals surface area contributed by atoms with E-state index in [1.807, 2.05) is 37.3 Å². The molecule has 0 saturated heterocycles. The van der Waals surface area contributed by atoms with Crippen LogP contribution in [0.25, 0.3) is 11.5 Å². The molecular formula is C18H18N4O3S2. The SMILES string of the molecule is Cc1nc(NC(=O)Cc2nc(-c3ccccc3)oc2C)sc1SCC(N)=O. The van der Waals surface area contributed by atoms with Gasteiger partial charge in [0, 0.05) is 5.56 Å². The van der Waals surface area contributed by atoms with Gasteiger partial charge in [0.25, 0.3) is 0 Å².